The molecule has 1 aliphatic rings. The lowest BCUT2D eigenvalue weighted by molar-refractivity contribution is -0.125. The van der Waals surface area contributed by atoms with Gasteiger partial charge >= 0.3 is 0 Å². The zero-order valence-corrected chi connectivity index (χ0v) is 11.7. The second-order valence-electron chi connectivity index (χ2n) is 5.71. The molecule has 0 saturated carbocycles. The minimum absolute atomic E-state index is 0.208. The number of fused-ring (bicyclic) bond motifs is 1. The molecule has 98 valence electrons. The SMILES string of the molecule is CCCN1C(=O)C(C)(C)CNc2cc(C)ccc21. The molecule has 0 unspecified atom stereocenters. The molecule has 3 heteroatoms. The lowest BCUT2D eigenvalue weighted by Crippen LogP contribution is -2.42. The summed E-state index contributed by atoms with van der Waals surface area (Å²) >= 11 is 0. The number of hydrogen-bond acceptors (Lipinski definition) is 2. The van der Waals surface area contributed by atoms with Crippen molar-refractivity contribution in [2.24, 2.45) is 5.41 Å². The summed E-state index contributed by atoms with van der Waals surface area (Å²) in [5.41, 5.74) is 2.94. The average Bonchev–Trinajstić information content (AvgIpc) is 2.41. The van der Waals surface area contributed by atoms with Gasteiger partial charge in [0.05, 0.1) is 16.8 Å². The minimum atomic E-state index is -0.359. The van der Waals surface area contributed by atoms with E-state index < -0.39 is 0 Å². The Balaban J connectivity index is 2.49. The number of benzene rings is 1. The molecular formula is C15H22N2O. The van der Waals surface area contributed by atoms with Gasteiger partial charge in [0.15, 0.2) is 0 Å². The molecule has 2 rings (SSSR count). The fourth-order valence-electron chi connectivity index (χ4n) is 2.34. The quantitative estimate of drug-likeness (QED) is 0.869. The summed E-state index contributed by atoms with van der Waals surface area (Å²) < 4.78 is 0. The van der Waals surface area contributed by atoms with Crippen LogP contribution in [0.25, 0.3) is 0 Å². The standard InChI is InChI=1S/C15H22N2O/c1-5-8-17-13-7-6-11(2)9-12(13)16-10-15(3,4)14(17)18/h6-7,9,16H,5,8,10H2,1-4H3. The molecule has 0 bridgehead atoms. The van der Waals surface area contributed by atoms with Crippen molar-refractivity contribution in [2.45, 2.75) is 34.1 Å². The predicted molar refractivity (Wildman–Crippen MR) is 76.1 cm³/mol. The van der Waals surface area contributed by atoms with E-state index in [1.807, 2.05) is 24.8 Å². The number of nitrogens with zero attached hydrogens (tertiary/aromatic N) is 1. The first-order valence-corrected chi connectivity index (χ1v) is 6.62. The van der Waals surface area contributed by atoms with Crippen LogP contribution in [0.15, 0.2) is 18.2 Å². The zero-order chi connectivity index (χ0) is 13.3. The normalized spacial score (nSPS) is 18.0. The summed E-state index contributed by atoms with van der Waals surface area (Å²) in [4.78, 5) is 14.5. The first kappa shape index (κ1) is 12.9. The van der Waals surface area contributed by atoms with Crippen LogP contribution in [-0.2, 0) is 4.79 Å². The van der Waals surface area contributed by atoms with Crippen LogP contribution in [0.2, 0.25) is 0 Å². The smallest absolute Gasteiger partial charge is 0.234 e. The highest BCUT2D eigenvalue weighted by molar-refractivity contribution is 6.01. The van der Waals surface area contributed by atoms with E-state index in [4.69, 9.17) is 0 Å². The second-order valence-corrected chi connectivity index (χ2v) is 5.71. The van der Waals surface area contributed by atoms with Crippen molar-refractivity contribution in [3.63, 3.8) is 0 Å². The van der Waals surface area contributed by atoms with E-state index in [1.54, 1.807) is 0 Å². The van der Waals surface area contributed by atoms with Gasteiger partial charge in [-0.2, -0.15) is 0 Å². The fraction of sp³-hybridized carbons (Fsp3) is 0.533. The Morgan fingerprint density at radius 1 is 1.39 bits per heavy atom. The molecule has 0 spiro atoms. The minimum Gasteiger partial charge on any atom is -0.382 e. The van der Waals surface area contributed by atoms with E-state index >= 15 is 0 Å². The highest BCUT2D eigenvalue weighted by Gasteiger charge is 2.35. The summed E-state index contributed by atoms with van der Waals surface area (Å²) in [6.45, 7) is 9.65. The number of rotatable bonds is 2. The van der Waals surface area contributed by atoms with Crippen LogP contribution in [0.3, 0.4) is 0 Å². The number of carbonyl (C=O) groups is 1. The molecule has 0 aliphatic carbocycles. The molecule has 1 amide bonds. The van der Waals surface area contributed by atoms with Crippen LogP contribution in [0, 0.1) is 12.3 Å². The Morgan fingerprint density at radius 3 is 2.78 bits per heavy atom. The molecular weight excluding hydrogens is 224 g/mol. The summed E-state index contributed by atoms with van der Waals surface area (Å²) in [7, 11) is 0. The van der Waals surface area contributed by atoms with E-state index in [-0.39, 0.29) is 11.3 Å². The van der Waals surface area contributed by atoms with E-state index in [2.05, 4.69) is 31.3 Å². The highest BCUT2D eigenvalue weighted by atomic mass is 16.2. The van der Waals surface area contributed by atoms with Gasteiger partial charge in [-0.25, -0.2) is 0 Å². The number of aryl methyl sites for hydroxylation is 1. The molecule has 1 aliphatic heterocycles. The van der Waals surface area contributed by atoms with Gasteiger partial charge in [-0.1, -0.05) is 13.0 Å². The number of amides is 1. The Labute approximate surface area is 109 Å². The van der Waals surface area contributed by atoms with E-state index in [0.29, 0.717) is 6.54 Å². The molecule has 1 aromatic carbocycles. The van der Waals surface area contributed by atoms with Gasteiger partial charge in [0.25, 0.3) is 0 Å². The molecule has 3 nitrogen and oxygen atoms in total. The molecule has 1 N–H and O–H groups in total. The lowest BCUT2D eigenvalue weighted by atomic mass is 9.92. The largest absolute Gasteiger partial charge is 0.382 e. The van der Waals surface area contributed by atoms with Gasteiger partial charge in [-0.3, -0.25) is 4.79 Å². The maximum absolute atomic E-state index is 12.6. The van der Waals surface area contributed by atoms with Gasteiger partial charge in [0.2, 0.25) is 5.91 Å². The van der Waals surface area contributed by atoms with Crippen molar-refractivity contribution in [1.82, 2.24) is 0 Å². The van der Waals surface area contributed by atoms with E-state index in [0.717, 1.165) is 24.3 Å². The van der Waals surface area contributed by atoms with E-state index in [9.17, 15) is 4.79 Å². The molecule has 0 fully saturated rings. The molecule has 1 aromatic rings. The Morgan fingerprint density at radius 2 is 2.11 bits per heavy atom. The third-order valence-electron chi connectivity index (χ3n) is 3.43. The van der Waals surface area contributed by atoms with Crippen molar-refractivity contribution >= 4 is 17.3 Å². The lowest BCUT2D eigenvalue weighted by Gasteiger charge is -2.28. The fourth-order valence-corrected chi connectivity index (χ4v) is 2.34. The topological polar surface area (TPSA) is 32.3 Å². The summed E-state index contributed by atoms with van der Waals surface area (Å²) in [5.74, 6) is 0.208. The molecule has 18 heavy (non-hydrogen) atoms. The van der Waals surface area contributed by atoms with Crippen molar-refractivity contribution < 1.29 is 4.79 Å². The third-order valence-corrected chi connectivity index (χ3v) is 3.43. The highest BCUT2D eigenvalue weighted by Crippen LogP contribution is 2.35. The Hall–Kier alpha value is -1.51. The van der Waals surface area contributed by atoms with Crippen LogP contribution in [0.5, 0.6) is 0 Å². The van der Waals surface area contributed by atoms with Crippen molar-refractivity contribution in [3.05, 3.63) is 23.8 Å². The molecule has 0 saturated heterocycles. The maximum Gasteiger partial charge on any atom is 0.234 e. The number of hydrogen-bond donors (Lipinski definition) is 1. The molecule has 0 aromatic heterocycles. The maximum atomic E-state index is 12.6. The third kappa shape index (κ3) is 2.22. The monoisotopic (exact) mass is 246 g/mol. The number of anilines is 2. The van der Waals surface area contributed by atoms with Crippen molar-refractivity contribution in [3.8, 4) is 0 Å². The molecule has 0 radical (unpaired) electrons. The first-order valence-electron chi connectivity index (χ1n) is 6.62. The average molecular weight is 246 g/mol. The Bertz CT molecular complexity index is 466. The van der Waals surface area contributed by atoms with Crippen LogP contribution >= 0.6 is 0 Å². The van der Waals surface area contributed by atoms with E-state index in [1.165, 1.54) is 5.56 Å². The Kier molecular flexibility index (Phi) is 3.33. The summed E-state index contributed by atoms with van der Waals surface area (Å²) in [6.07, 6.45) is 0.967. The van der Waals surface area contributed by atoms with Crippen LogP contribution in [0.4, 0.5) is 11.4 Å². The van der Waals surface area contributed by atoms with Crippen molar-refractivity contribution in [2.75, 3.05) is 23.3 Å². The number of nitrogens with one attached hydrogen (secondary N) is 1. The molecule has 1 heterocycles. The zero-order valence-electron chi connectivity index (χ0n) is 11.7. The van der Waals surface area contributed by atoms with Gasteiger partial charge in [0, 0.05) is 13.1 Å². The van der Waals surface area contributed by atoms with Crippen LogP contribution in [-0.4, -0.2) is 19.0 Å². The van der Waals surface area contributed by atoms with Crippen molar-refractivity contribution in [1.29, 1.82) is 0 Å². The predicted octanol–water partition coefficient (Wildman–Crippen LogP) is 3.19. The summed E-state index contributed by atoms with van der Waals surface area (Å²) in [6, 6.07) is 6.23. The number of carbonyl (C=O) groups excluding carboxylic acids is 1. The van der Waals surface area contributed by atoms with Crippen LogP contribution in [0.1, 0.15) is 32.8 Å². The van der Waals surface area contributed by atoms with Gasteiger partial charge in [-0.05, 0) is 44.9 Å². The summed E-state index contributed by atoms with van der Waals surface area (Å²) in [5, 5.41) is 3.41. The van der Waals surface area contributed by atoms with Gasteiger partial charge in [-0.15, -0.1) is 0 Å². The van der Waals surface area contributed by atoms with Crippen LogP contribution < -0.4 is 10.2 Å². The second kappa shape index (κ2) is 4.63. The van der Waals surface area contributed by atoms with Gasteiger partial charge in [0.1, 0.15) is 0 Å². The first-order chi connectivity index (χ1) is 8.45. The molecule has 0 atom stereocenters. The van der Waals surface area contributed by atoms with Gasteiger partial charge < -0.3 is 10.2 Å².